The molecule has 0 fully saturated rings. The molecule has 0 amide bonds. The minimum atomic E-state index is 0.832. The largest absolute Gasteiger partial charge is 0.456 e. The Labute approximate surface area is 157 Å². The predicted octanol–water partition coefficient (Wildman–Crippen LogP) is 6.85. The zero-order valence-electron chi connectivity index (χ0n) is 14.7. The van der Waals surface area contributed by atoms with E-state index in [-0.39, 0.29) is 0 Å². The topological polar surface area (TPSA) is 22.1 Å². The van der Waals surface area contributed by atoms with Gasteiger partial charge in [0, 0.05) is 22.5 Å². The maximum Gasteiger partial charge on any atom is 0.143 e. The lowest BCUT2D eigenvalue weighted by atomic mass is 9.93. The van der Waals surface area contributed by atoms with Crippen molar-refractivity contribution in [2.75, 3.05) is 0 Å². The number of nitrogens with zero attached hydrogens (tertiary/aromatic N) is 1. The summed E-state index contributed by atoms with van der Waals surface area (Å²) in [5, 5.41) is 4.45. The summed E-state index contributed by atoms with van der Waals surface area (Å²) in [4.78, 5) is 4.62. The van der Waals surface area contributed by atoms with E-state index in [1.165, 1.54) is 0 Å². The van der Waals surface area contributed by atoms with E-state index >= 15 is 0 Å². The number of para-hydroxylation sites is 1. The van der Waals surface area contributed by atoms with E-state index in [0.29, 0.717) is 0 Å². The normalized spacial score (nSPS) is 11.0. The van der Waals surface area contributed by atoms with Crippen molar-refractivity contribution in [3.8, 4) is 22.8 Å². The standard InChI is InChI=1S/C25H17NO/c1-2-10-18(11-3-1)27-25-21-14-6-4-12-19(21)24(23-16-8-9-17-26-23)20-13-5-7-15-22(20)25/h1-17H. The van der Waals surface area contributed by atoms with Crippen molar-refractivity contribution >= 4 is 21.5 Å². The van der Waals surface area contributed by atoms with Crippen molar-refractivity contribution in [1.82, 2.24) is 4.98 Å². The number of ether oxygens (including phenoxy) is 1. The van der Waals surface area contributed by atoms with Crippen LogP contribution in [-0.4, -0.2) is 4.98 Å². The third-order valence-corrected chi connectivity index (χ3v) is 4.77. The van der Waals surface area contributed by atoms with E-state index in [1.807, 2.05) is 48.7 Å². The first-order valence-corrected chi connectivity index (χ1v) is 8.99. The van der Waals surface area contributed by atoms with Gasteiger partial charge in [-0.15, -0.1) is 0 Å². The molecule has 0 aliphatic carbocycles. The Hall–Kier alpha value is -3.65. The van der Waals surface area contributed by atoms with Crippen LogP contribution in [-0.2, 0) is 0 Å². The molecular weight excluding hydrogens is 330 g/mol. The molecule has 4 aromatic carbocycles. The van der Waals surface area contributed by atoms with E-state index in [1.54, 1.807) is 0 Å². The van der Waals surface area contributed by atoms with Crippen LogP contribution in [0.1, 0.15) is 0 Å². The lowest BCUT2D eigenvalue weighted by Crippen LogP contribution is -1.92. The summed E-state index contributed by atoms with van der Waals surface area (Å²) < 4.78 is 6.38. The number of aromatic nitrogens is 1. The van der Waals surface area contributed by atoms with E-state index in [2.05, 4.69) is 59.6 Å². The summed E-state index contributed by atoms with van der Waals surface area (Å²) in [6.07, 6.45) is 1.84. The number of benzene rings is 4. The first-order chi connectivity index (χ1) is 13.4. The monoisotopic (exact) mass is 347 g/mol. The first kappa shape index (κ1) is 15.6. The van der Waals surface area contributed by atoms with Crippen molar-refractivity contribution in [1.29, 1.82) is 0 Å². The Morgan fingerprint density at radius 3 is 1.67 bits per heavy atom. The van der Waals surface area contributed by atoms with Gasteiger partial charge in [-0.05, 0) is 35.0 Å². The molecule has 128 valence electrons. The highest BCUT2D eigenvalue weighted by Crippen LogP contribution is 2.43. The third kappa shape index (κ3) is 2.72. The SMILES string of the molecule is c1ccc(Oc2c3ccccc3c(-c3ccccn3)c3ccccc23)cc1. The predicted molar refractivity (Wildman–Crippen MR) is 111 cm³/mol. The van der Waals surface area contributed by atoms with Gasteiger partial charge in [0.15, 0.2) is 0 Å². The minimum absolute atomic E-state index is 0.832. The number of hydrogen-bond donors (Lipinski definition) is 0. The summed E-state index contributed by atoms with van der Waals surface area (Å²) >= 11 is 0. The molecule has 0 aliphatic heterocycles. The molecular formula is C25H17NO. The van der Waals surface area contributed by atoms with E-state index in [0.717, 1.165) is 44.3 Å². The van der Waals surface area contributed by atoms with Crippen LogP contribution in [0, 0.1) is 0 Å². The smallest absolute Gasteiger partial charge is 0.143 e. The van der Waals surface area contributed by atoms with Gasteiger partial charge in [0.1, 0.15) is 11.5 Å². The second-order valence-electron chi connectivity index (χ2n) is 6.43. The molecule has 0 bridgehead atoms. The Balaban J connectivity index is 1.89. The molecule has 1 heterocycles. The second kappa shape index (κ2) is 6.58. The van der Waals surface area contributed by atoms with Crippen LogP contribution < -0.4 is 4.74 Å². The Bertz CT molecular complexity index is 1170. The van der Waals surface area contributed by atoms with Crippen molar-refractivity contribution < 1.29 is 4.74 Å². The fourth-order valence-electron chi connectivity index (χ4n) is 3.59. The molecule has 0 aliphatic rings. The van der Waals surface area contributed by atoms with Crippen molar-refractivity contribution in [3.63, 3.8) is 0 Å². The van der Waals surface area contributed by atoms with Crippen molar-refractivity contribution in [3.05, 3.63) is 103 Å². The maximum atomic E-state index is 6.38. The Morgan fingerprint density at radius 1 is 0.519 bits per heavy atom. The van der Waals surface area contributed by atoms with Crippen LogP contribution in [0.25, 0.3) is 32.8 Å². The van der Waals surface area contributed by atoms with Gasteiger partial charge in [-0.1, -0.05) is 72.8 Å². The van der Waals surface area contributed by atoms with Gasteiger partial charge in [0.25, 0.3) is 0 Å². The van der Waals surface area contributed by atoms with Crippen LogP contribution in [0.2, 0.25) is 0 Å². The lowest BCUT2D eigenvalue weighted by molar-refractivity contribution is 0.494. The zero-order valence-corrected chi connectivity index (χ0v) is 14.7. The molecule has 0 radical (unpaired) electrons. The molecule has 5 rings (SSSR count). The maximum absolute atomic E-state index is 6.38. The van der Waals surface area contributed by atoms with Gasteiger partial charge >= 0.3 is 0 Å². The quantitative estimate of drug-likeness (QED) is 0.333. The first-order valence-electron chi connectivity index (χ1n) is 8.99. The molecule has 27 heavy (non-hydrogen) atoms. The summed E-state index contributed by atoms with van der Waals surface area (Å²) in [6.45, 7) is 0. The molecule has 0 saturated carbocycles. The van der Waals surface area contributed by atoms with Crippen LogP contribution in [0.5, 0.6) is 11.5 Å². The average molecular weight is 347 g/mol. The Morgan fingerprint density at radius 2 is 1.07 bits per heavy atom. The summed E-state index contributed by atoms with van der Waals surface area (Å²) in [6, 6.07) is 32.7. The molecule has 0 spiro atoms. The van der Waals surface area contributed by atoms with Crippen LogP contribution in [0.3, 0.4) is 0 Å². The second-order valence-corrected chi connectivity index (χ2v) is 6.43. The number of rotatable bonds is 3. The fourth-order valence-corrected chi connectivity index (χ4v) is 3.59. The van der Waals surface area contributed by atoms with Gasteiger partial charge in [0.2, 0.25) is 0 Å². The molecule has 2 heteroatoms. The third-order valence-electron chi connectivity index (χ3n) is 4.77. The molecule has 5 aromatic rings. The molecule has 0 N–H and O–H groups in total. The highest BCUT2D eigenvalue weighted by molar-refractivity contribution is 6.16. The van der Waals surface area contributed by atoms with Gasteiger partial charge in [0.05, 0.1) is 5.69 Å². The van der Waals surface area contributed by atoms with Gasteiger partial charge in [-0.3, -0.25) is 4.98 Å². The molecule has 0 saturated heterocycles. The molecule has 2 nitrogen and oxygen atoms in total. The van der Waals surface area contributed by atoms with Crippen molar-refractivity contribution in [2.24, 2.45) is 0 Å². The molecule has 0 unspecified atom stereocenters. The fraction of sp³-hybridized carbons (Fsp3) is 0. The summed E-state index contributed by atoms with van der Waals surface area (Å²) in [7, 11) is 0. The van der Waals surface area contributed by atoms with E-state index in [9.17, 15) is 0 Å². The van der Waals surface area contributed by atoms with Crippen LogP contribution >= 0.6 is 0 Å². The van der Waals surface area contributed by atoms with Gasteiger partial charge in [-0.2, -0.15) is 0 Å². The van der Waals surface area contributed by atoms with Gasteiger partial charge < -0.3 is 4.74 Å². The lowest BCUT2D eigenvalue weighted by Gasteiger charge is -2.17. The highest BCUT2D eigenvalue weighted by atomic mass is 16.5. The average Bonchev–Trinajstić information content (AvgIpc) is 2.75. The van der Waals surface area contributed by atoms with Crippen LogP contribution in [0.4, 0.5) is 0 Å². The summed E-state index contributed by atoms with van der Waals surface area (Å²) in [5.74, 6) is 1.71. The number of hydrogen-bond acceptors (Lipinski definition) is 2. The van der Waals surface area contributed by atoms with Crippen LogP contribution in [0.15, 0.2) is 103 Å². The number of fused-ring (bicyclic) bond motifs is 2. The zero-order chi connectivity index (χ0) is 18.1. The molecule has 1 aromatic heterocycles. The van der Waals surface area contributed by atoms with Crippen molar-refractivity contribution in [2.45, 2.75) is 0 Å². The number of pyridine rings is 1. The van der Waals surface area contributed by atoms with E-state index in [4.69, 9.17) is 4.74 Å². The van der Waals surface area contributed by atoms with Gasteiger partial charge in [-0.25, -0.2) is 0 Å². The highest BCUT2D eigenvalue weighted by Gasteiger charge is 2.16. The Kier molecular flexibility index (Phi) is 3.80. The van der Waals surface area contributed by atoms with E-state index < -0.39 is 0 Å². The summed E-state index contributed by atoms with van der Waals surface area (Å²) in [5.41, 5.74) is 2.11. The minimum Gasteiger partial charge on any atom is -0.456 e. The molecule has 0 atom stereocenters.